The van der Waals surface area contributed by atoms with E-state index in [1.807, 2.05) is 11.8 Å². The highest BCUT2D eigenvalue weighted by Crippen LogP contribution is 2.27. The van der Waals surface area contributed by atoms with Gasteiger partial charge in [0, 0.05) is 10.6 Å². The van der Waals surface area contributed by atoms with Gasteiger partial charge in [-0.2, -0.15) is 0 Å². The molecule has 0 amide bonds. The normalized spacial score (nSPS) is 14.8. The second-order valence-electron chi connectivity index (χ2n) is 2.25. The van der Waals surface area contributed by atoms with Crippen molar-refractivity contribution in [3.8, 4) is 0 Å². The van der Waals surface area contributed by atoms with E-state index in [0.717, 1.165) is 5.75 Å². The van der Waals surface area contributed by atoms with Gasteiger partial charge in [0.05, 0.1) is 0 Å². The van der Waals surface area contributed by atoms with Crippen molar-refractivity contribution in [3.05, 3.63) is 35.9 Å². The molecule has 10 heavy (non-hydrogen) atoms. The standard InChI is InChI=1S/C9H8S/c1-2-6-9-8(4-1)5-3-7-10-9/h1-6H,7H2. The molecule has 0 saturated carbocycles. The molecule has 0 radical (unpaired) electrons. The van der Waals surface area contributed by atoms with Gasteiger partial charge in [0.2, 0.25) is 0 Å². The molecule has 0 unspecified atom stereocenters. The van der Waals surface area contributed by atoms with E-state index in [1.165, 1.54) is 10.5 Å². The number of hydrogen-bond donors (Lipinski definition) is 0. The minimum Gasteiger partial charge on any atom is -0.121 e. The molecule has 1 aliphatic heterocycles. The van der Waals surface area contributed by atoms with Gasteiger partial charge in [-0.1, -0.05) is 30.4 Å². The van der Waals surface area contributed by atoms with Crippen LogP contribution in [-0.2, 0) is 0 Å². The fourth-order valence-corrected chi connectivity index (χ4v) is 1.91. The predicted octanol–water partition coefficient (Wildman–Crippen LogP) is 2.81. The maximum absolute atomic E-state index is 2.20. The van der Waals surface area contributed by atoms with E-state index in [4.69, 9.17) is 0 Å². The van der Waals surface area contributed by atoms with E-state index >= 15 is 0 Å². The number of hydrogen-bond acceptors (Lipinski definition) is 1. The summed E-state index contributed by atoms with van der Waals surface area (Å²) >= 11 is 1.90. The molecule has 0 N–H and O–H groups in total. The highest BCUT2D eigenvalue weighted by atomic mass is 32.2. The van der Waals surface area contributed by atoms with Gasteiger partial charge in [-0.25, -0.2) is 0 Å². The molecule has 1 aliphatic rings. The number of thioether (sulfide) groups is 1. The Labute approximate surface area is 65.0 Å². The lowest BCUT2D eigenvalue weighted by Crippen LogP contribution is -1.84. The topological polar surface area (TPSA) is 0 Å². The number of benzene rings is 1. The van der Waals surface area contributed by atoms with Gasteiger partial charge in [-0.05, 0) is 11.6 Å². The zero-order valence-corrected chi connectivity index (χ0v) is 6.40. The van der Waals surface area contributed by atoms with E-state index < -0.39 is 0 Å². The Hall–Kier alpha value is -0.690. The summed E-state index contributed by atoms with van der Waals surface area (Å²) < 4.78 is 0. The molecule has 0 spiro atoms. The third-order valence-corrected chi connectivity index (χ3v) is 2.59. The molecule has 0 aromatic heterocycles. The van der Waals surface area contributed by atoms with Crippen molar-refractivity contribution < 1.29 is 0 Å². The van der Waals surface area contributed by atoms with Crippen LogP contribution in [0.15, 0.2) is 35.2 Å². The molecule has 0 saturated heterocycles. The minimum atomic E-state index is 1.12. The highest BCUT2D eigenvalue weighted by molar-refractivity contribution is 7.99. The summed E-state index contributed by atoms with van der Waals surface area (Å²) in [4.78, 5) is 1.41. The average molecular weight is 148 g/mol. The van der Waals surface area contributed by atoms with Crippen LogP contribution in [0.1, 0.15) is 5.56 Å². The fourth-order valence-electron chi connectivity index (χ4n) is 1.06. The molecule has 50 valence electrons. The van der Waals surface area contributed by atoms with Gasteiger partial charge in [0.15, 0.2) is 0 Å². The number of fused-ring (bicyclic) bond motifs is 1. The molecule has 0 bridgehead atoms. The highest BCUT2D eigenvalue weighted by Gasteiger charge is 2.00. The van der Waals surface area contributed by atoms with E-state index in [9.17, 15) is 0 Å². The van der Waals surface area contributed by atoms with Gasteiger partial charge in [0.1, 0.15) is 0 Å². The van der Waals surface area contributed by atoms with Crippen molar-refractivity contribution in [1.29, 1.82) is 0 Å². The van der Waals surface area contributed by atoms with Crippen LogP contribution in [0.3, 0.4) is 0 Å². The van der Waals surface area contributed by atoms with Crippen LogP contribution in [0.4, 0.5) is 0 Å². The summed E-state index contributed by atoms with van der Waals surface area (Å²) in [5.74, 6) is 1.12. The quantitative estimate of drug-likeness (QED) is 0.545. The van der Waals surface area contributed by atoms with Gasteiger partial charge in [-0.3, -0.25) is 0 Å². The SMILES string of the molecule is C1=Cc2ccccc2SC1. The molecule has 1 heterocycles. The summed E-state index contributed by atoms with van der Waals surface area (Å²) in [6.07, 6.45) is 4.39. The van der Waals surface area contributed by atoms with Crippen molar-refractivity contribution in [3.63, 3.8) is 0 Å². The summed E-state index contributed by atoms with van der Waals surface area (Å²) in [6, 6.07) is 8.49. The van der Waals surface area contributed by atoms with E-state index in [1.54, 1.807) is 0 Å². The summed E-state index contributed by atoms with van der Waals surface area (Å²) in [7, 11) is 0. The lowest BCUT2D eigenvalue weighted by Gasteiger charge is -2.07. The van der Waals surface area contributed by atoms with Crippen LogP contribution in [-0.4, -0.2) is 5.75 Å². The van der Waals surface area contributed by atoms with Gasteiger partial charge >= 0.3 is 0 Å². The zero-order valence-electron chi connectivity index (χ0n) is 5.58. The first-order valence-electron chi connectivity index (χ1n) is 3.35. The van der Waals surface area contributed by atoms with Crippen LogP contribution in [0, 0.1) is 0 Å². The van der Waals surface area contributed by atoms with Crippen molar-refractivity contribution in [2.24, 2.45) is 0 Å². The first-order valence-corrected chi connectivity index (χ1v) is 4.34. The fraction of sp³-hybridized carbons (Fsp3) is 0.111. The summed E-state index contributed by atoms with van der Waals surface area (Å²) in [6.45, 7) is 0. The summed E-state index contributed by atoms with van der Waals surface area (Å²) in [5, 5.41) is 0. The Morgan fingerprint density at radius 3 is 3.00 bits per heavy atom. The first-order chi connectivity index (χ1) is 4.97. The smallest absolute Gasteiger partial charge is 0.0164 e. The van der Waals surface area contributed by atoms with Crippen molar-refractivity contribution >= 4 is 17.8 Å². The Morgan fingerprint density at radius 2 is 2.10 bits per heavy atom. The van der Waals surface area contributed by atoms with E-state index in [-0.39, 0.29) is 0 Å². The van der Waals surface area contributed by atoms with Gasteiger partial charge in [-0.15, -0.1) is 11.8 Å². The van der Waals surface area contributed by atoms with Crippen LogP contribution >= 0.6 is 11.8 Å². The molecule has 1 aromatic carbocycles. The van der Waals surface area contributed by atoms with Crippen LogP contribution in [0.5, 0.6) is 0 Å². The summed E-state index contributed by atoms with van der Waals surface area (Å²) in [5.41, 5.74) is 1.36. The predicted molar refractivity (Wildman–Crippen MR) is 46.2 cm³/mol. The maximum atomic E-state index is 2.20. The van der Waals surface area contributed by atoms with Crippen LogP contribution in [0.25, 0.3) is 6.08 Å². The average Bonchev–Trinajstić information content (AvgIpc) is 2.05. The Bertz CT molecular complexity index is 263. The van der Waals surface area contributed by atoms with Crippen molar-refractivity contribution in [2.75, 3.05) is 5.75 Å². The zero-order chi connectivity index (χ0) is 6.81. The van der Waals surface area contributed by atoms with Crippen LogP contribution in [0.2, 0.25) is 0 Å². The van der Waals surface area contributed by atoms with Crippen molar-refractivity contribution in [1.82, 2.24) is 0 Å². The van der Waals surface area contributed by atoms with E-state index in [0.29, 0.717) is 0 Å². The van der Waals surface area contributed by atoms with Crippen LogP contribution < -0.4 is 0 Å². The third kappa shape index (κ3) is 0.971. The maximum Gasteiger partial charge on any atom is 0.0164 e. The third-order valence-electron chi connectivity index (χ3n) is 1.55. The number of rotatable bonds is 0. The molecule has 0 atom stereocenters. The molecular weight excluding hydrogens is 140 g/mol. The molecule has 1 heteroatoms. The molecule has 0 fully saturated rings. The lowest BCUT2D eigenvalue weighted by atomic mass is 10.2. The molecule has 2 rings (SSSR count). The minimum absolute atomic E-state index is 1.12. The molecule has 0 aliphatic carbocycles. The second kappa shape index (κ2) is 2.51. The van der Waals surface area contributed by atoms with Gasteiger partial charge in [0.25, 0.3) is 0 Å². The Kier molecular flexibility index (Phi) is 1.52. The Morgan fingerprint density at radius 1 is 1.20 bits per heavy atom. The van der Waals surface area contributed by atoms with E-state index in [2.05, 4.69) is 36.4 Å². The second-order valence-corrected chi connectivity index (χ2v) is 3.31. The molecule has 0 nitrogen and oxygen atoms in total. The lowest BCUT2D eigenvalue weighted by molar-refractivity contribution is 1.40. The molecule has 1 aromatic rings. The monoisotopic (exact) mass is 148 g/mol. The molecular formula is C9H8S. The van der Waals surface area contributed by atoms with Crippen molar-refractivity contribution in [2.45, 2.75) is 4.90 Å². The van der Waals surface area contributed by atoms with Gasteiger partial charge < -0.3 is 0 Å². The largest absolute Gasteiger partial charge is 0.121 e. The Balaban J connectivity index is 2.54. The first kappa shape index (κ1) is 6.05.